The van der Waals surface area contributed by atoms with Gasteiger partial charge in [-0.3, -0.25) is 4.90 Å². The van der Waals surface area contributed by atoms with Crippen molar-refractivity contribution < 1.29 is 14.9 Å². The molecule has 0 bridgehead atoms. The van der Waals surface area contributed by atoms with Gasteiger partial charge in [-0.15, -0.1) is 12.4 Å². The number of hydrogen-bond acceptors (Lipinski definition) is 4. The summed E-state index contributed by atoms with van der Waals surface area (Å²) in [5.41, 5.74) is 2.17. The molecule has 25 heavy (non-hydrogen) atoms. The van der Waals surface area contributed by atoms with E-state index in [0.717, 1.165) is 49.4 Å². The monoisotopic (exact) mass is 365 g/mol. The summed E-state index contributed by atoms with van der Waals surface area (Å²) in [7, 11) is 0. The van der Waals surface area contributed by atoms with Crippen LogP contribution in [0.5, 0.6) is 17.2 Å². The van der Waals surface area contributed by atoms with Gasteiger partial charge in [0, 0.05) is 13.1 Å². The van der Waals surface area contributed by atoms with Crippen LogP contribution >= 0.6 is 12.4 Å². The first kappa shape index (κ1) is 21.1. The van der Waals surface area contributed by atoms with Crippen molar-refractivity contribution in [3.05, 3.63) is 53.6 Å². The summed E-state index contributed by atoms with van der Waals surface area (Å²) in [6, 6.07) is 13.1. The number of para-hydroxylation sites is 1. The Morgan fingerprint density at radius 1 is 0.960 bits per heavy atom. The van der Waals surface area contributed by atoms with Crippen molar-refractivity contribution in [1.82, 2.24) is 4.90 Å². The number of aryl methyl sites for hydroxylation is 1. The van der Waals surface area contributed by atoms with Gasteiger partial charge in [0.1, 0.15) is 12.4 Å². The van der Waals surface area contributed by atoms with Crippen LogP contribution in [0.25, 0.3) is 0 Å². The Kier molecular flexibility index (Phi) is 9.17. The molecule has 2 aromatic rings. The molecule has 138 valence electrons. The lowest BCUT2D eigenvalue weighted by atomic mass is 10.1. The molecule has 2 N–H and O–H groups in total. The van der Waals surface area contributed by atoms with Gasteiger partial charge in [-0.25, -0.2) is 0 Å². The zero-order valence-electron chi connectivity index (χ0n) is 14.9. The average molecular weight is 366 g/mol. The Morgan fingerprint density at radius 2 is 1.72 bits per heavy atom. The molecule has 5 heteroatoms. The standard InChI is InChI=1S/C20H27NO3.ClH/c1-3-11-21(12-10-17-8-9-18(22)19(23)15-17)13-14-24-20-7-5-4-6-16(20)2;/h4-9,15,22-23H,3,10-14H2,1-2H3;1H. The molecular formula is C20H28ClNO3. The van der Waals surface area contributed by atoms with Crippen LogP contribution in [0, 0.1) is 6.92 Å². The first-order valence-electron chi connectivity index (χ1n) is 8.51. The quantitative estimate of drug-likeness (QED) is 0.655. The maximum atomic E-state index is 9.58. The van der Waals surface area contributed by atoms with E-state index in [1.807, 2.05) is 24.3 Å². The number of benzene rings is 2. The van der Waals surface area contributed by atoms with Gasteiger partial charge in [0.15, 0.2) is 11.5 Å². The van der Waals surface area contributed by atoms with Crippen LogP contribution in [-0.2, 0) is 6.42 Å². The molecule has 4 nitrogen and oxygen atoms in total. The molecule has 0 fully saturated rings. The van der Waals surface area contributed by atoms with E-state index in [0.29, 0.717) is 6.61 Å². The number of rotatable bonds is 9. The van der Waals surface area contributed by atoms with Crippen molar-refractivity contribution in [3.63, 3.8) is 0 Å². The van der Waals surface area contributed by atoms with Crippen LogP contribution in [0.15, 0.2) is 42.5 Å². The van der Waals surface area contributed by atoms with Gasteiger partial charge in [0.05, 0.1) is 0 Å². The highest BCUT2D eigenvalue weighted by Crippen LogP contribution is 2.25. The van der Waals surface area contributed by atoms with E-state index >= 15 is 0 Å². The number of hydrogen-bond donors (Lipinski definition) is 2. The summed E-state index contributed by atoms with van der Waals surface area (Å²) in [4.78, 5) is 2.36. The molecule has 2 aromatic carbocycles. The summed E-state index contributed by atoms with van der Waals surface area (Å²) in [5, 5.41) is 19.0. The van der Waals surface area contributed by atoms with Crippen LogP contribution < -0.4 is 4.74 Å². The molecule has 0 atom stereocenters. The third-order valence-corrected chi connectivity index (χ3v) is 4.06. The molecule has 0 amide bonds. The second kappa shape index (κ2) is 10.9. The van der Waals surface area contributed by atoms with E-state index in [4.69, 9.17) is 4.74 Å². The highest BCUT2D eigenvalue weighted by atomic mass is 35.5. The van der Waals surface area contributed by atoms with Gasteiger partial charge in [-0.2, -0.15) is 0 Å². The smallest absolute Gasteiger partial charge is 0.157 e. The molecule has 2 rings (SSSR count). The van der Waals surface area contributed by atoms with Crippen molar-refractivity contribution in [2.45, 2.75) is 26.7 Å². The minimum atomic E-state index is -0.0733. The second-order valence-electron chi connectivity index (χ2n) is 6.03. The highest BCUT2D eigenvalue weighted by Gasteiger charge is 2.07. The molecule has 0 aromatic heterocycles. The molecule has 0 saturated heterocycles. The fourth-order valence-corrected chi connectivity index (χ4v) is 2.67. The van der Waals surface area contributed by atoms with Crippen molar-refractivity contribution in [2.75, 3.05) is 26.2 Å². The third-order valence-electron chi connectivity index (χ3n) is 4.06. The molecule has 0 aliphatic heterocycles. The zero-order chi connectivity index (χ0) is 17.4. The number of ether oxygens (including phenoxy) is 1. The number of aromatic hydroxyl groups is 2. The summed E-state index contributed by atoms with van der Waals surface area (Å²) in [6.07, 6.45) is 1.92. The molecule has 0 radical (unpaired) electrons. The van der Waals surface area contributed by atoms with Crippen molar-refractivity contribution in [2.24, 2.45) is 0 Å². The van der Waals surface area contributed by atoms with Crippen molar-refractivity contribution >= 4 is 12.4 Å². The van der Waals surface area contributed by atoms with E-state index < -0.39 is 0 Å². The van der Waals surface area contributed by atoms with Crippen LogP contribution in [0.3, 0.4) is 0 Å². The maximum Gasteiger partial charge on any atom is 0.157 e. The Bertz CT molecular complexity index is 649. The zero-order valence-corrected chi connectivity index (χ0v) is 15.8. The number of halogens is 1. The second-order valence-corrected chi connectivity index (χ2v) is 6.03. The molecular weight excluding hydrogens is 338 g/mol. The van der Waals surface area contributed by atoms with Crippen molar-refractivity contribution in [1.29, 1.82) is 0 Å². The Balaban J connectivity index is 0.00000312. The van der Waals surface area contributed by atoms with Gasteiger partial charge in [0.25, 0.3) is 0 Å². The minimum Gasteiger partial charge on any atom is -0.504 e. The summed E-state index contributed by atoms with van der Waals surface area (Å²) < 4.78 is 5.89. The van der Waals surface area contributed by atoms with Gasteiger partial charge < -0.3 is 14.9 Å². The predicted octanol–water partition coefficient (Wildman–Crippen LogP) is 4.16. The van der Waals surface area contributed by atoms with Crippen molar-refractivity contribution in [3.8, 4) is 17.2 Å². The lowest BCUT2D eigenvalue weighted by Gasteiger charge is -2.22. The first-order valence-corrected chi connectivity index (χ1v) is 8.51. The summed E-state index contributed by atoms with van der Waals surface area (Å²) in [5.74, 6) is 0.811. The van der Waals surface area contributed by atoms with E-state index in [-0.39, 0.29) is 23.9 Å². The molecule has 0 unspecified atom stereocenters. The van der Waals surface area contributed by atoms with Gasteiger partial charge in [-0.1, -0.05) is 31.2 Å². The molecule has 0 aliphatic carbocycles. The van der Waals surface area contributed by atoms with Crippen LogP contribution in [0.4, 0.5) is 0 Å². The summed E-state index contributed by atoms with van der Waals surface area (Å²) in [6.45, 7) is 7.66. The maximum absolute atomic E-state index is 9.58. The van der Waals surface area contributed by atoms with Gasteiger partial charge in [-0.05, 0) is 55.6 Å². The van der Waals surface area contributed by atoms with E-state index in [9.17, 15) is 10.2 Å². The Labute approximate surface area is 156 Å². The molecule has 0 spiro atoms. The van der Waals surface area contributed by atoms with E-state index in [1.54, 1.807) is 6.07 Å². The van der Waals surface area contributed by atoms with Crippen LogP contribution in [0.2, 0.25) is 0 Å². The van der Waals surface area contributed by atoms with Gasteiger partial charge in [0.2, 0.25) is 0 Å². The predicted molar refractivity (Wildman–Crippen MR) is 104 cm³/mol. The SMILES string of the molecule is CCCN(CCOc1ccccc1C)CCc1ccc(O)c(O)c1.Cl. The summed E-state index contributed by atoms with van der Waals surface area (Å²) >= 11 is 0. The lowest BCUT2D eigenvalue weighted by molar-refractivity contribution is 0.209. The molecule has 0 saturated carbocycles. The normalized spacial score (nSPS) is 10.5. The number of phenols is 2. The average Bonchev–Trinajstić information content (AvgIpc) is 2.57. The first-order chi connectivity index (χ1) is 11.6. The number of nitrogens with zero attached hydrogens (tertiary/aromatic N) is 1. The number of phenolic OH excluding ortho intramolecular Hbond substituents is 2. The minimum absolute atomic E-state index is 0. The topological polar surface area (TPSA) is 52.9 Å². The Hall–Kier alpha value is -1.91. The lowest BCUT2D eigenvalue weighted by Crippen LogP contribution is -2.31. The van der Waals surface area contributed by atoms with Crippen LogP contribution in [0.1, 0.15) is 24.5 Å². The van der Waals surface area contributed by atoms with E-state index in [2.05, 4.69) is 24.8 Å². The Morgan fingerprint density at radius 3 is 2.40 bits per heavy atom. The van der Waals surface area contributed by atoms with Crippen LogP contribution in [-0.4, -0.2) is 41.4 Å². The fourth-order valence-electron chi connectivity index (χ4n) is 2.67. The molecule has 0 aliphatic rings. The third kappa shape index (κ3) is 6.85. The highest BCUT2D eigenvalue weighted by molar-refractivity contribution is 5.85. The van der Waals surface area contributed by atoms with E-state index in [1.165, 1.54) is 6.07 Å². The molecule has 0 heterocycles. The van der Waals surface area contributed by atoms with Gasteiger partial charge >= 0.3 is 0 Å². The fraction of sp³-hybridized carbons (Fsp3) is 0.400. The largest absolute Gasteiger partial charge is 0.504 e.